The maximum atomic E-state index is 12.5. The number of aromatic nitrogens is 2. The van der Waals surface area contributed by atoms with Gasteiger partial charge in [0.15, 0.2) is 0 Å². The summed E-state index contributed by atoms with van der Waals surface area (Å²) in [5.74, 6) is 1.83. The van der Waals surface area contributed by atoms with Crippen LogP contribution in [0.2, 0.25) is 0 Å². The van der Waals surface area contributed by atoms with E-state index in [0.717, 1.165) is 23.3 Å². The van der Waals surface area contributed by atoms with Gasteiger partial charge in [0, 0.05) is 19.2 Å². The zero-order chi connectivity index (χ0) is 20.6. The number of hydrogen-bond acceptors (Lipinski definition) is 5. The summed E-state index contributed by atoms with van der Waals surface area (Å²) in [6.07, 6.45) is 0.835. The van der Waals surface area contributed by atoms with Gasteiger partial charge < -0.3 is 15.4 Å². The molecule has 0 bridgehead atoms. The summed E-state index contributed by atoms with van der Waals surface area (Å²) in [5, 5.41) is 6.21. The van der Waals surface area contributed by atoms with E-state index >= 15 is 0 Å². The molecule has 2 aromatic carbocycles. The maximum absolute atomic E-state index is 12.5. The van der Waals surface area contributed by atoms with Crippen molar-refractivity contribution in [3.63, 3.8) is 0 Å². The topological polar surface area (TPSA) is 76.1 Å². The molecule has 1 amide bonds. The molecule has 3 aromatic rings. The predicted molar refractivity (Wildman–Crippen MR) is 114 cm³/mol. The van der Waals surface area contributed by atoms with Crippen LogP contribution in [0.4, 0.5) is 5.82 Å². The Morgan fingerprint density at radius 3 is 2.52 bits per heavy atom. The van der Waals surface area contributed by atoms with Crippen molar-refractivity contribution in [2.45, 2.75) is 26.8 Å². The summed E-state index contributed by atoms with van der Waals surface area (Å²) >= 11 is 0. The number of carbonyl (C=O) groups is 1. The second kappa shape index (κ2) is 9.68. The number of amides is 1. The first-order valence-electron chi connectivity index (χ1n) is 9.60. The minimum atomic E-state index is -0.211. The molecule has 0 aliphatic rings. The molecule has 0 saturated carbocycles. The van der Waals surface area contributed by atoms with E-state index in [2.05, 4.69) is 20.6 Å². The van der Waals surface area contributed by atoms with Crippen molar-refractivity contribution in [1.82, 2.24) is 15.3 Å². The molecule has 0 radical (unpaired) electrons. The van der Waals surface area contributed by atoms with E-state index in [9.17, 15) is 4.79 Å². The van der Waals surface area contributed by atoms with Crippen LogP contribution in [0.15, 0.2) is 54.6 Å². The van der Waals surface area contributed by atoms with E-state index in [1.165, 1.54) is 5.56 Å². The van der Waals surface area contributed by atoms with E-state index < -0.39 is 0 Å². The van der Waals surface area contributed by atoms with Crippen LogP contribution in [-0.2, 0) is 13.0 Å². The molecular weight excluding hydrogens is 364 g/mol. The zero-order valence-electron chi connectivity index (χ0n) is 17.0. The number of ether oxygens (including phenoxy) is 1. The van der Waals surface area contributed by atoms with Gasteiger partial charge in [-0.25, -0.2) is 9.97 Å². The molecule has 0 unspecified atom stereocenters. The van der Waals surface area contributed by atoms with Crippen LogP contribution in [0.1, 0.15) is 33.0 Å². The van der Waals surface area contributed by atoms with Crippen molar-refractivity contribution in [3.8, 4) is 5.75 Å². The monoisotopic (exact) mass is 390 g/mol. The third-order valence-electron chi connectivity index (χ3n) is 4.65. The smallest absolute Gasteiger partial charge is 0.270 e. The normalized spacial score (nSPS) is 10.4. The Labute approximate surface area is 171 Å². The number of hydrogen-bond donors (Lipinski definition) is 2. The van der Waals surface area contributed by atoms with Crippen molar-refractivity contribution in [2.24, 2.45) is 0 Å². The van der Waals surface area contributed by atoms with E-state index in [0.29, 0.717) is 30.4 Å². The second-order valence-electron chi connectivity index (χ2n) is 6.82. The van der Waals surface area contributed by atoms with Crippen molar-refractivity contribution in [2.75, 3.05) is 19.0 Å². The summed E-state index contributed by atoms with van der Waals surface area (Å²) in [5.41, 5.74) is 3.79. The molecule has 1 heterocycles. The number of nitrogens with one attached hydrogen (secondary N) is 2. The third-order valence-corrected chi connectivity index (χ3v) is 4.65. The molecule has 1 aromatic heterocycles. The van der Waals surface area contributed by atoms with Crippen LogP contribution < -0.4 is 15.4 Å². The van der Waals surface area contributed by atoms with Gasteiger partial charge in [0.25, 0.3) is 5.91 Å². The standard InChI is InChI=1S/C23H26N4O2/c1-16-6-4-5-7-19(16)15-25-23(28)21-14-22(27-17(2)26-21)24-13-12-18-8-10-20(29-3)11-9-18/h4-11,14H,12-13,15H2,1-3H3,(H,25,28)(H,24,26,27). The Balaban J connectivity index is 1.58. The highest BCUT2D eigenvalue weighted by Crippen LogP contribution is 2.13. The Hall–Kier alpha value is -3.41. The summed E-state index contributed by atoms with van der Waals surface area (Å²) in [4.78, 5) is 21.2. The summed E-state index contributed by atoms with van der Waals surface area (Å²) in [6, 6.07) is 17.6. The van der Waals surface area contributed by atoms with Crippen LogP contribution in [0, 0.1) is 13.8 Å². The molecule has 6 nitrogen and oxygen atoms in total. The Morgan fingerprint density at radius 2 is 1.79 bits per heavy atom. The fourth-order valence-electron chi connectivity index (χ4n) is 2.98. The van der Waals surface area contributed by atoms with E-state index in [1.54, 1.807) is 20.1 Å². The lowest BCUT2D eigenvalue weighted by atomic mass is 10.1. The van der Waals surface area contributed by atoms with Crippen molar-refractivity contribution >= 4 is 11.7 Å². The zero-order valence-corrected chi connectivity index (χ0v) is 17.0. The predicted octanol–water partition coefficient (Wildman–Crippen LogP) is 3.69. The quantitative estimate of drug-likeness (QED) is 0.614. The minimum absolute atomic E-state index is 0.211. The molecule has 0 aliphatic carbocycles. The third kappa shape index (κ3) is 5.78. The summed E-state index contributed by atoms with van der Waals surface area (Å²) < 4.78 is 5.18. The molecular formula is C23H26N4O2. The Morgan fingerprint density at radius 1 is 1.03 bits per heavy atom. The molecule has 0 spiro atoms. The number of carbonyl (C=O) groups excluding carboxylic acids is 1. The number of methoxy groups -OCH3 is 1. The molecule has 6 heteroatoms. The van der Waals surface area contributed by atoms with Gasteiger partial charge in [-0.1, -0.05) is 36.4 Å². The van der Waals surface area contributed by atoms with Crippen LogP contribution >= 0.6 is 0 Å². The van der Waals surface area contributed by atoms with Crippen molar-refractivity contribution < 1.29 is 9.53 Å². The first-order chi connectivity index (χ1) is 14.0. The molecule has 0 atom stereocenters. The van der Waals surface area contributed by atoms with Crippen LogP contribution in [0.5, 0.6) is 5.75 Å². The number of aryl methyl sites for hydroxylation is 2. The lowest BCUT2D eigenvalue weighted by molar-refractivity contribution is 0.0945. The molecule has 150 valence electrons. The Kier molecular flexibility index (Phi) is 6.79. The van der Waals surface area contributed by atoms with E-state index in [1.807, 2.05) is 55.5 Å². The average molecular weight is 390 g/mol. The van der Waals surface area contributed by atoms with Gasteiger partial charge in [0.05, 0.1) is 7.11 Å². The minimum Gasteiger partial charge on any atom is -0.497 e. The number of rotatable bonds is 8. The first kappa shape index (κ1) is 20.3. The van der Waals surface area contributed by atoms with Gasteiger partial charge >= 0.3 is 0 Å². The van der Waals surface area contributed by atoms with Gasteiger partial charge in [0.1, 0.15) is 23.1 Å². The van der Waals surface area contributed by atoms with Crippen LogP contribution in [-0.4, -0.2) is 29.5 Å². The van der Waals surface area contributed by atoms with Crippen LogP contribution in [0.3, 0.4) is 0 Å². The van der Waals surface area contributed by atoms with Gasteiger partial charge in [-0.3, -0.25) is 4.79 Å². The number of benzene rings is 2. The van der Waals surface area contributed by atoms with Gasteiger partial charge in [0.2, 0.25) is 0 Å². The summed E-state index contributed by atoms with van der Waals surface area (Å²) in [7, 11) is 1.66. The lowest BCUT2D eigenvalue weighted by Gasteiger charge is -2.10. The Bertz CT molecular complexity index is 971. The largest absolute Gasteiger partial charge is 0.497 e. The molecule has 0 fully saturated rings. The van der Waals surface area contributed by atoms with Crippen molar-refractivity contribution in [1.29, 1.82) is 0 Å². The fraction of sp³-hybridized carbons (Fsp3) is 0.261. The first-order valence-corrected chi connectivity index (χ1v) is 9.60. The second-order valence-corrected chi connectivity index (χ2v) is 6.82. The van der Waals surface area contributed by atoms with Crippen molar-refractivity contribution in [3.05, 3.63) is 82.8 Å². The fourth-order valence-corrected chi connectivity index (χ4v) is 2.98. The molecule has 2 N–H and O–H groups in total. The van der Waals surface area contributed by atoms with Gasteiger partial charge in [-0.2, -0.15) is 0 Å². The van der Waals surface area contributed by atoms with Gasteiger partial charge in [-0.15, -0.1) is 0 Å². The number of nitrogens with zero attached hydrogens (tertiary/aromatic N) is 2. The van der Waals surface area contributed by atoms with E-state index in [4.69, 9.17) is 4.74 Å². The average Bonchev–Trinajstić information content (AvgIpc) is 2.73. The van der Waals surface area contributed by atoms with Crippen LogP contribution in [0.25, 0.3) is 0 Å². The van der Waals surface area contributed by atoms with Gasteiger partial charge in [-0.05, 0) is 49.1 Å². The molecule has 0 saturated heterocycles. The maximum Gasteiger partial charge on any atom is 0.270 e. The highest BCUT2D eigenvalue weighted by molar-refractivity contribution is 5.92. The highest BCUT2D eigenvalue weighted by atomic mass is 16.5. The number of anilines is 1. The summed E-state index contributed by atoms with van der Waals surface area (Å²) in [6.45, 7) is 4.98. The molecule has 0 aliphatic heterocycles. The lowest BCUT2D eigenvalue weighted by Crippen LogP contribution is -2.25. The van der Waals surface area contributed by atoms with E-state index in [-0.39, 0.29) is 5.91 Å². The molecule has 3 rings (SSSR count). The highest BCUT2D eigenvalue weighted by Gasteiger charge is 2.11. The molecule has 29 heavy (non-hydrogen) atoms. The SMILES string of the molecule is COc1ccc(CCNc2cc(C(=O)NCc3ccccc3C)nc(C)n2)cc1.